The van der Waals surface area contributed by atoms with E-state index in [1.165, 1.54) is 24.5 Å². The zero-order valence-electron chi connectivity index (χ0n) is 78.0. The second kappa shape index (κ2) is 40.7. The first-order valence-electron chi connectivity index (χ1n) is 45.5. The molecule has 15 aromatic rings. The number of likely N-dealkylation sites (N-methyl/N-ethyl adjacent to an activating group) is 2. The minimum absolute atomic E-state index is 0.105. The van der Waals surface area contributed by atoms with Crippen LogP contribution in [-0.2, 0) is 83.6 Å². The van der Waals surface area contributed by atoms with E-state index in [1.54, 1.807) is 26.2 Å². The van der Waals surface area contributed by atoms with Gasteiger partial charge in [0.25, 0.3) is 0 Å². The lowest BCUT2D eigenvalue weighted by Gasteiger charge is -2.34. The highest BCUT2D eigenvalue weighted by Gasteiger charge is 2.29. The van der Waals surface area contributed by atoms with Gasteiger partial charge < -0.3 is 71.1 Å². The van der Waals surface area contributed by atoms with Crippen molar-refractivity contribution in [2.24, 2.45) is 0 Å². The number of anilines is 6. The molecular formula is C100H114N26O9. The molecule has 698 valence electrons. The van der Waals surface area contributed by atoms with Crippen LogP contribution in [0, 0.1) is 0 Å². The summed E-state index contributed by atoms with van der Waals surface area (Å²) < 4.78 is 26.7. The van der Waals surface area contributed by atoms with Gasteiger partial charge >= 0.3 is 0 Å². The molecule has 0 atom stereocenters. The summed E-state index contributed by atoms with van der Waals surface area (Å²) in [6.45, 7) is 32.7. The first-order valence-corrected chi connectivity index (χ1v) is 45.5. The number of fused-ring (bicyclic) bond motifs is 3. The SMILES string of the molecule is CC(C)(C)c1cc(CC(=O)Nc2ccc(-n3nc(-c4ccc(CCC(=O)N5CCOCC5)cc4)c4c(N)ncnc43)cc2)no1.CCN1CCN(C(=O)CCc2ccc(-c3nn(-c4ccc(NC(=O)Cc5cc(C(C)(C)C)on5)cc4)c4ncnc(N)c34)cc2)CC1.CN1CCN(Cc2ccc(-c3nn(-c4ccc(NC(=O)Cc5cc(C(C)(C)C)on5)cc4)c4ncnc(N)c34)cc2)CC1. The van der Waals surface area contributed by atoms with Crippen LogP contribution < -0.4 is 33.2 Å². The first kappa shape index (κ1) is 93.4. The van der Waals surface area contributed by atoms with E-state index < -0.39 is 0 Å². The molecule has 0 unspecified atom stereocenters. The fourth-order valence-corrected chi connectivity index (χ4v) is 16.1. The predicted octanol–water partition coefficient (Wildman–Crippen LogP) is 13.2. The van der Waals surface area contributed by atoms with E-state index in [2.05, 4.69) is 114 Å². The lowest BCUT2D eigenvalue weighted by molar-refractivity contribution is -0.135. The highest BCUT2D eigenvalue weighted by atomic mass is 16.5. The van der Waals surface area contributed by atoms with Crippen molar-refractivity contribution < 1.29 is 42.3 Å². The molecular weight excluding hydrogens is 1710 g/mol. The molecule has 9 aromatic heterocycles. The molecule has 9 N–H and O–H groups in total. The standard InChI is InChI=1S/C35H41N9O3.C33H36N8O4.C32H37N9O2/c1-5-42-16-18-43(19-17-42)30(46)15-8-23-6-9-24(10-7-23)32-31-33(36)37-22-38-34(31)44(40-32)27-13-11-25(12-14-27)39-29(45)21-26-20-28(47-41-26)35(2,3)4;1-33(2,3)26-18-24(39-45-26)19-27(42)37-23-9-11-25(12-10-23)41-32-29(31(34)35-20-36-32)30(38-41)22-7-4-21(5-8-22)6-13-28(43)40-14-16-44-17-15-40;1-32(2,3)26-17-24(38-43-26)18-27(42)36-23-9-11-25(12-10-23)41-31-28(30(33)34-20-35-31)29(37-41)22-7-5-21(6-8-22)19-40-15-13-39(4)14-16-40/h6-7,9-14,20,22H,5,8,15-19,21H2,1-4H3,(H,39,45)(H2,36,37,38);4-5,7-12,18,20H,6,13-17,19H2,1-3H3,(H,37,42)(H2,34,35,36);5-12,17,20H,13-16,18-19H2,1-4H3,(H,36,42)(H2,33,34,35). The number of aromatic nitrogens is 15. The average Bonchev–Trinajstić information content (AvgIpc) is 1.62. The minimum Gasteiger partial charge on any atom is -0.383 e. The number of benzene rings is 6. The van der Waals surface area contributed by atoms with Gasteiger partial charge in [0.2, 0.25) is 29.5 Å². The van der Waals surface area contributed by atoms with Crippen molar-refractivity contribution in [3.8, 4) is 50.8 Å². The van der Waals surface area contributed by atoms with Gasteiger partial charge in [-0.05, 0) is 116 Å². The van der Waals surface area contributed by atoms with Gasteiger partial charge in [-0.1, -0.05) is 158 Å². The Morgan fingerprint density at radius 1 is 0.378 bits per heavy atom. The number of nitrogen functional groups attached to an aromatic ring is 3. The molecule has 3 aliphatic heterocycles. The summed E-state index contributed by atoms with van der Waals surface area (Å²) in [6.07, 6.45) is 6.88. The molecule has 0 radical (unpaired) electrons. The fourth-order valence-electron chi connectivity index (χ4n) is 16.1. The maximum atomic E-state index is 12.8. The lowest BCUT2D eigenvalue weighted by atomic mass is 9.93. The van der Waals surface area contributed by atoms with E-state index in [9.17, 15) is 24.0 Å². The Morgan fingerprint density at radius 2 is 0.689 bits per heavy atom. The van der Waals surface area contributed by atoms with Crippen LogP contribution in [0.1, 0.15) is 133 Å². The topological polar surface area (TPSA) is 434 Å². The summed E-state index contributed by atoms with van der Waals surface area (Å²) in [6, 6.07) is 52.1. The van der Waals surface area contributed by atoms with Crippen molar-refractivity contribution in [3.05, 3.63) is 234 Å². The summed E-state index contributed by atoms with van der Waals surface area (Å²) in [5, 5.41) is 37.6. The third-order valence-electron chi connectivity index (χ3n) is 24.1. The minimum atomic E-state index is -0.197. The van der Waals surface area contributed by atoms with Crippen molar-refractivity contribution >= 4 is 97.2 Å². The second-order valence-electron chi connectivity index (χ2n) is 37.2. The van der Waals surface area contributed by atoms with Crippen molar-refractivity contribution in [2.45, 2.75) is 137 Å². The Balaban J connectivity index is 0.000000147. The lowest BCUT2D eigenvalue weighted by Crippen LogP contribution is -2.48. The quantitative estimate of drug-likeness (QED) is 0.0327. The van der Waals surface area contributed by atoms with Crippen LogP contribution in [0.4, 0.5) is 34.5 Å². The molecule has 0 bridgehead atoms. The Labute approximate surface area is 781 Å². The summed E-state index contributed by atoms with van der Waals surface area (Å²) in [5.41, 5.74) is 34.3. The second-order valence-corrected chi connectivity index (χ2v) is 37.2. The largest absolute Gasteiger partial charge is 0.383 e. The third-order valence-corrected chi connectivity index (χ3v) is 24.1. The number of amides is 5. The highest BCUT2D eigenvalue weighted by Crippen LogP contribution is 2.38. The van der Waals surface area contributed by atoms with Gasteiger partial charge in [-0.2, -0.15) is 15.3 Å². The van der Waals surface area contributed by atoms with E-state index in [0.717, 1.165) is 133 Å². The molecule has 35 nitrogen and oxygen atoms in total. The van der Waals surface area contributed by atoms with E-state index in [1.807, 2.05) is 200 Å². The number of aryl methyl sites for hydroxylation is 2. The van der Waals surface area contributed by atoms with Crippen LogP contribution in [0.2, 0.25) is 0 Å². The number of carbonyl (C=O) groups is 5. The number of hydrogen-bond donors (Lipinski definition) is 6. The number of nitrogens with zero attached hydrogens (tertiary/aromatic N) is 20. The summed E-state index contributed by atoms with van der Waals surface area (Å²) in [4.78, 5) is 101. The van der Waals surface area contributed by atoms with Gasteiger partial charge in [-0.3, -0.25) is 28.9 Å². The zero-order chi connectivity index (χ0) is 94.8. The van der Waals surface area contributed by atoms with Crippen LogP contribution in [0.5, 0.6) is 0 Å². The molecule has 0 spiro atoms. The molecule has 18 rings (SSSR count). The molecule has 6 aromatic carbocycles. The van der Waals surface area contributed by atoms with E-state index in [-0.39, 0.29) is 65.0 Å². The molecule has 0 aliphatic carbocycles. The van der Waals surface area contributed by atoms with Crippen molar-refractivity contribution in [2.75, 3.05) is 125 Å². The number of nitrogens with two attached hydrogens (primary N) is 3. The molecule has 12 heterocycles. The number of morpholine rings is 1. The predicted molar refractivity (Wildman–Crippen MR) is 518 cm³/mol. The normalized spacial score (nSPS) is 14.2. The number of nitrogens with one attached hydrogen (secondary N) is 3. The van der Waals surface area contributed by atoms with Gasteiger partial charge in [0.1, 0.15) is 70.8 Å². The summed E-state index contributed by atoms with van der Waals surface area (Å²) >= 11 is 0. The summed E-state index contributed by atoms with van der Waals surface area (Å²) in [5.74, 6) is 3.03. The van der Waals surface area contributed by atoms with Gasteiger partial charge in [0.15, 0.2) is 16.9 Å². The molecule has 0 saturated carbocycles. The molecule has 35 heteroatoms. The molecule has 3 saturated heterocycles. The highest BCUT2D eigenvalue weighted by molar-refractivity contribution is 6.02. The smallest absolute Gasteiger partial charge is 0.230 e. The van der Waals surface area contributed by atoms with Crippen LogP contribution in [0.15, 0.2) is 196 Å². The number of hydrogen-bond acceptors (Lipinski definition) is 27. The number of carbonyl (C=O) groups excluding carboxylic acids is 5. The molecule has 135 heavy (non-hydrogen) atoms. The van der Waals surface area contributed by atoms with Crippen LogP contribution in [-0.4, -0.2) is 221 Å². The Hall–Kier alpha value is -14.8. The van der Waals surface area contributed by atoms with Gasteiger partial charge in [0.05, 0.1) is 82.8 Å². The van der Waals surface area contributed by atoms with Crippen LogP contribution in [0.25, 0.3) is 83.9 Å². The van der Waals surface area contributed by atoms with Crippen molar-refractivity contribution in [3.63, 3.8) is 0 Å². The van der Waals surface area contributed by atoms with Crippen LogP contribution >= 0.6 is 0 Å². The average molecular weight is 1820 g/mol. The number of rotatable bonds is 24. The maximum Gasteiger partial charge on any atom is 0.230 e. The van der Waals surface area contributed by atoms with Crippen molar-refractivity contribution in [1.82, 2.24) is 99.2 Å². The molecule has 3 aliphatic rings. The van der Waals surface area contributed by atoms with Gasteiger partial charge in [-0.25, -0.2) is 43.9 Å². The maximum absolute atomic E-state index is 12.8. The Morgan fingerprint density at radius 3 is 1.00 bits per heavy atom. The monoisotopic (exact) mass is 1820 g/mol. The fraction of sp³-hybridized carbons (Fsp3) is 0.350. The summed E-state index contributed by atoms with van der Waals surface area (Å²) in [7, 11) is 2.17. The van der Waals surface area contributed by atoms with Crippen LogP contribution in [0.3, 0.4) is 0 Å². The Kier molecular flexibility index (Phi) is 28.2. The van der Waals surface area contributed by atoms with Crippen molar-refractivity contribution in [1.29, 1.82) is 0 Å². The molecule has 3 fully saturated rings. The number of ether oxygens (including phenoxy) is 1. The van der Waals surface area contributed by atoms with Gasteiger partial charge in [0, 0.05) is 153 Å². The molecule has 5 amide bonds. The first-order chi connectivity index (χ1) is 64.9. The van der Waals surface area contributed by atoms with E-state index >= 15 is 0 Å². The Bertz CT molecular complexity index is 6680. The van der Waals surface area contributed by atoms with E-state index in [0.29, 0.717) is 148 Å². The third kappa shape index (κ3) is 22.8. The van der Waals surface area contributed by atoms with E-state index in [4.69, 9.17) is 50.8 Å². The zero-order valence-corrected chi connectivity index (χ0v) is 78.0. The van der Waals surface area contributed by atoms with Gasteiger partial charge in [-0.15, -0.1) is 0 Å². The number of piperazine rings is 2.